The van der Waals surface area contributed by atoms with Gasteiger partial charge in [0.2, 0.25) is 0 Å². The Hall–Kier alpha value is -4.64. The number of hydrogen-bond donors (Lipinski definition) is 0. The first-order valence-electron chi connectivity index (χ1n) is 31.2. The highest BCUT2D eigenvalue weighted by atomic mass is 32.2. The minimum Gasteiger partial charge on any atom is -0.484 e. The maximum Gasteiger partial charge on any atom is 0.178 e. The maximum absolute atomic E-state index is 13.0. The molecule has 0 unspecified atom stereocenters. The number of likely N-dealkylation sites (N-methyl/N-ethyl adjacent to an activating group) is 1. The zero-order chi connectivity index (χ0) is 60.1. The van der Waals surface area contributed by atoms with E-state index in [1.54, 1.807) is 67.4 Å². The van der Waals surface area contributed by atoms with Gasteiger partial charge in [-0.25, -0.2) is 16.8 Å². The van der Waals surface area contributed by atoms with Gasteiger partial charge in [0.15, 0.2) is 19.7 Å². The van der Waals surface area contributed by atoms with E-state index >= 15 is 0 Å². The number of carbonyl (C=O) groups is 2. The van der Waals surface area contributed by atoms with Crippen LogP contribution in [0.5, 0.6) is 11.5 Å². The van der Waals surface area contributed by atoms with Gasteiger partial charge in [-0.1, -0.05) is 68.3 Å². The topological polar surface area (TPSA) is 186 Å². The Bertz CT molecular complexity index is 2810. The number of sulfone groups is 2. The van der Waals surface area contributed by atoms with Crippen LogP contribution in [0, 0.1) is 0 Å². The highest BCUT2D eigenvalue weighted by molar-refractivity contribution is 7.91. The summed E-state index contributed by atoms with van der Waals surface area (Å²) in [5, 5.41) is 0. The van der Waals surface area contributed by atoms with E-state index in [2.05, 4.69) is 58.3 Å². The van der Waals surface area contributed by atoms with E-state index < -0.39 is 19.7 Å². The van der Waals surface area contributed by atoms with Crippen LogP contribution in [0.3, 0.4) is 0 Å². The van der Waals surface area contributed by atoms with Gasteiger partial charge in [0.25, 0.3) is 0 Å². The number of nitrogens with zero attached hydrogens (tertiary/aromatic N) is 3. The van der Waals surface area contributed by atoms with E-state index in [4.69, 9.17) is 37.9 Å². The van der Waals surface area contributed by atoms with E-state index in [0.29, 0.717) is 128 Å². The standard InChI is InChI=1S/C44H68N2O11S.C22H27NO3S/c1-3-51-25-26-55-30-27-52-22-9-13-38(47)35-45(2)36-39(48)14-10-23-53-28-31-56-32-29-54-24-11-33-58(49,50)41-18-16-40(17-19-41)57-44-42-15-6-5-12-37(42)34-43(44)46-20-7-4-8-21-46;1-2-27(24,25)19-12-10-18(11-13-19)26-22-20-9-5-4-8-17(20)16-21(22)23-14-6-3-7-15-23/h5-6,12,15-19,43-44H,3-4,7-11,13-14,20-36H2,1-2H3;4-5,8-13,21-22H,2-3,6-7,14-16H2,1H3/t43-,44-;21-,22-/m00/s1. The molecular formula is C66H95N3O14S2. The molecular weight excluding hydrogens is 1120 g/mol. The van der Waals surface area contributed by atoms with E-state index in [9.17, 15) is 26.4 Å². The monoisotopic (exact) mass is 1220 g/mol. The number of rotatable bonds is 38. The van der Waals surface area contributed by atoms with Crippen molar-refractivity contribution in [1.29, 1.82) is 0 Å². The molecule has 2 aliphatic heterocycles. The minimum atomic E-state index is -3.46. The molecule has 85 heavy (non-hydrogen) atoms. The van der Waals surface area contributed by atoms with E-state index in [1.165, 1.54) is 60.8 Å². The largest absolute Gasteiger partial charge is 0.484 e. The fourth-order valence-corrected chi connectivity index (χ4v) is 13.7. The lowest BCUT2D eigenvalue weighted by Gasteiger charge is -2.35. The van der Waals surface area contributed by atoms with Crippen LogP contribution in [0.1, 0.15) is 119 Å². The lowest BCUT2D eigenvalue weighted by molar-refractivity contribution is -0.122. The highest BCUT2D eigenvalue weighted by Crippen LogP contribution is 2.41. The first-order chi connectivity index (χ1) is 41.3. The van der Waals surface area contributed by atoms with Gasteiger partial charge in [-0.05, 0) is 169 Å². The van der Waals surface area contributed by atoms with Crippen molar-refractivity contribution in [2.75, 3.05) is 137 Å². The van der Waals surface area contributed by atoms with E-state index in [0.717, 1.165) is 44.8 Å². The number of hydrogen-bond acceptors (Lipinski definition) is 17. The summed E-state index contributed by atoms with van der Waals surface area (Å²) in [6.07, 6.45) is 11.9. The number of carbonyl (C=O) groups excluding carboxylic acids is 2. The van der Waals surface area contributed by atoms with Crippen LogP contribution in [-0.4, -0.2) is 192 Å². The molecule has 2 fully saturated rings. The summed E-state index contributed by atoms with van der Waals surface area (Å²) in [5.74, 6) is 1.67. The third-order valence-electron chi connectivity index (χ3n) is 16.0. The fraction of sp³-hybridized carbons (Fsp3) is 0.606. The fourth-order valence-electron chi connectivity index (χ4n) is 11.6. The molecule has 0 aromatic heterocycles. The summed E-state index contributed by atoms with van der Waals surface area (Å²) >= 11 is 0. The van der Waals surface area contributed by atoms with Crippen LogP contribution in [0.4, 0.5) is 0 Å². The number of Topliss-reactive ketones (excluding diaryl/α,β-unsaturated/α-hetero) is 2. The van der Waals surface area contributed by atoms with Crippen LogP contribution in [0.25, 0.3) is 0 Å². The average molecular weight is 1220 g/mol. The Morgan fingerprint density at radius 3 is 1.26 bits per heavy atom. The van der Waals surface area contributed by atoms with Gasteiger partial charge in [-0.15, -0.1) is 0 Å². The van der Waals surface area contributed by atoms with Crippen LogP contribution in [0.15, 0.2) is 107 Å². The molecule has 4 aromatic carbocycles. The summed E-state index contributed by atoms with van der Waals surface area (Å²) in [6, 6.07) is 31.4. The van der Waals surface area contributed by atoms with E-state index in [1.807, 2.05) is 6.92 Å². The molecule has 0 N–H and O–H groups in total. The lowest BCUT2D eigenvalue weighted by atomic mass is 10.0. The van der Waals surface area contributed by atoms with Crippen molar-refractivity contribution in [3.63, 3.8) is 0 Å². The minimum absolute atomic E-state index is 0.00464. The van der Waals surface area contributed by atoms with Crippen LogP contribution >= 0.6 is 0 Å². The zero-order valence-corrected chi connectivity index (χ0v) is 52.4. The van der Waals surface area contributed by atoms with Crippen molar-refractivity contribution in [3.05, 3.63) is 119 Å². The molecule has 19 heteroatoms. The molecule has 470 valence electrons. The van der Waals surface area contributed by atoms with Crippen LogP contribution in [0.2, 0.25) is 0 Å². The molecule has 4 aliphatic rings. The molecule has 0 amide bonds. The van der Waals surface area contributed by atoms with Gasteiger partial charge in [0, 0.05) is 39.3 Å². The highest BCUT2D eigenvalue weighted by Gasteiger charge is 2.40. The van der Waals surface area contributed by atoms with Crippen molar-refractivity contribution < 1.29 is 64.3 Å². The Balaban J connectivity index is 0.000000316. The molecule has 0 radical (unpaired) electrons. The van der Waals surface area contributed by atoms with Gasteiger partial charge >= 0.3 is 0 Å². The molecule has 2 saturated heterocycles. The first-order valence-corrected chi connectivity index (χ1v) is 34.5. The van der Waals surface area contributed by atoms with Crippen molar-refractivity contribution in [2.45, 2.75) is 131 Å². The smallest absolute Gasteiger partial charge is 0.178 e. The number of piperidine rings is 2. The predicted molar refractivity (Wildman–Crippen MR) is 329 cm³/mol. The van der Waals surface area contributed by atoms with Gasteiger partial charge in [0.1, 0.15) is 35.3 Å². The number of fused-ring (bicyclic) bond motifs is 2. The molecule has 17 nitrogen and oxygen atoms in total. The Morgan fingerprint density at radius 1 is 0.471 bits per heavy atom. The third-order valence-corrected chi connectivity index (χ3v) is 19.6. The normalized spacial score (nSPS) is 19.1. The molecule has 8 rings (SSSR count). The van der Waals surface area contributed by atoms with Crippen molar-refractivity contribution in [3.8, 4) is 11.5 Å². The quantitative estimate of drug-likeness (QED) is 0.0386. The summed E-state index contributed by atoms with van der Waals surface area (Å²) in [4.78, 5) is 32.1. The summed E-state index contributed by atoms with van der Waals surface area (Å²) < 4.78 is 95.9. The Labute approximate surface area is 507 Å². The molecule has 4 atom stereocenters. The van der Waals surface area contributed by atoms with Crippen LogP contribution < -0.4 is 9.47 Å². The Morgan fingerprint density at radius 2 is 0.847 bits per heavy atom. The molecule has 2 heterocycles. The first kappa shape index (κ1) is 67.9. The SMILES string of the molecule is CCOCCOCCOCCCC(=O)CN(C)CC(=O)CCCOCCOCCOCCCS(=O)(=O)c1ccc(O[C@H]2c3ccccc3C[C@@H]2N2CCCCC2)cc1.CCS(=O)(=O)c1ccc(O[C@H]2c3ccccc3C[C@@H]2N2CCCCC2)cc1. The van der Waals surface area contributed by atoms with Gasteiger partial charge in [-0.2, -0.15) is 0 Å². The van der Waals surface area contributed by atoms with Crippen molar-refractivity contribution >= 4 is 31.2 Å². The zero-order valence-electron chi connectivity index (χ0n) is 50.8. The number of likely N-dealkylation sites (tertiary alicyclic amines) is 2. The van der Waals surface area contributed by atoms with Gasteiger partial charge < -0.3 is 37.9 Å². The van der Waals surface area contributed by atoms with E-state index in [-0.39, 0.29) is 59.3 Å². The molecule has 2 aliphatic carbocycles. The predicted octanol–water partition coefficient (Wildman–Crippen LogP) is 9.14. The molecule has 0 spiro atoms. The molecule has 4 aromatic rings. The number of benzene rings is 4. The number of ether oxygens (including phenoxy) is 8. The maximum atomic E-state index is 13.0. The molecule has 0 saturated carbocycles. The third kappa shape index (κ3) is 22.5. The average Bonchev–Trinajstić information content (AvgIpc) is 2.37. The van der Waals surface area contributed by atoms with Gasteiger partial charge in [-0.3, -0.25) is 24.3 Å². The summed E-state index contributed by atoms with van der Waals surface area (Å²) in [6.45, 7) is 14.1. The summed E-state index contributed by atoms with van der Waals surface area (Å²) in [7, 11) is -4.86. The van der Waals surface area contributed by atoms with Crippen molar-refractivity contribution in [2.24, 2.45) is 0 Å². The second-order valence-electron chi connectivity index (χ2n) is 22.4. The van der Waals surface area contributed by atoms with Gasteiger partial charge in [0.05, 0.1) is 99.3 Å². The van der Waals surface area contributed by atoms with Crippen molar-refractivity contribution in [1.82, 2.24) is 14.7 Å². The lowest BCUT2D eigenvalue weighted by Crippen LogP contribution is -2.43. The second kappa shape index (κ2) is 36.6. The molecule has 0 bridgehead atoms. The second-order valence-corrected chi connectivity index (χ2v) is 26.8. The number of ketones is 2. The summed E-state index contributed by atoms with van der Waals surface area (Å²) in [5.41, 5.74) is 5.18. The van der Waals surface area contributed by atoms with Crippen LogP contribution in [-0.2, 0) is 70.5 Å². The Kier molecular flexibility index (Phi) is 29.2.